The molecule has 2 aliphatic rings. The lowest BCUT2D eigenvalue weighted by atomic mass is 9.97. The second-order valence-electron chi connectivity index (χ2n) is 9.52. The van der Waals surface area contributed by atoms with Crippen molar-refractivity contribution >= 4 is 50.3 Å². The number of imide groups is 1. The van der Waals surface area contributed by atoms with Crippen molar-refractivity contribution < 1.29 is 31.9 Å². The van der Waals surface area contributed by atoms with Gasteiger partial charge in [0.2, 0.25) is 5.91 Å². The molecule has 40 heavy (non-hydrogen) atoms. The number of carbonyl (C=O) groups is 3. The lowest BCUT2D eigenvalue weighted by Crippen LogP contribution is -2.43. The van der Waals surface area contributed by atoms with Gasteiger partial charge in [0.05, 0.1) is 19.6 Å². The average molecular weight is 587 g/mol. The number of carbonyl (C=O) groups excluding carboxylic acids is 3. The summed E-state index contributed by atoms with van der Waals surface area (Å²) in [5, 5.41) is 2.70. The molecule has 1 aromatic carbocycles. The van der Waals surface area contributed by atoms with Crippen LogP contribution in [0.15, 0.2) is 52.9 Å². The quantitative estimate of drug-likeness (QED) is 0.356. The second-order valence-corrected chi connectivity index (χ2v) is 12.8. The molecular formula is C27H27FN4O6S2. The lowest BCUT2D eigenvalue weighted by Gasteiger charge is -2.27. The third-order valence-corrected chi connectivity index (χ3v) is 9.77. The molecule has 1 fully saturated rings. The highest BCUT2D eigenvalue weighted by Gasteiger charge is 2.33. The zero-order valence-electron chi connectivity index (χ0n) is 21.5. The molecule has 1 N–H and O–H groups in total. The minimum Gasteiger partial charge on any atom is -0.384 e. The highest BCUT2D eigenvalue weighted by Crippen LogP contribution is 2.27. The van der Waals surface area contributed by atoms with Crippen molar-refractivity contribution in [2.24, 2.45) is 0 Å². The summed E-state index contributed by atoms with van der Waals surface area (Å²) in [6, 6.07) is 10.5. The molecule has 0 aliphatic carbocycles. The number of morpholine rings is 1. The molecule has 13 heteroatoms. The van der Waals surface area contributed by atoms with Crippen LogP contribution in [0.25, 0.3) is 0 Å². The van der Waals surface area contributed by atoms with Gasteiger partial charge in [0, 0.05) is 50.0 Å². The molecule has 10 nitrogen and oxygen atoms in total. The SMILES string of the molecule is O=C(Cc1ccc(N2C(=O)Cc3cc(NCCN4CCOCC4)ccc3C2=O)nc1)CS(=O)(=O)c1ccc(F)s1. The van der Waals surface area contributed by atoms with E-state index in [2.05, 4.69) is 15.2 Å². The van der Waals surface area contributed by atoms with Gasteiger partial charge in [-0.05, 0) is 47.5 Å². The molecule has 3 aromatic rings. The fraction of sp³-hybridized carbons (Fsp3) is 0.333. The molecule has 2 aromatic heterocycles. The zero-order valence-corrected chi connectivity index (χ0v) is 23.1. The molecule has 0 spiro atoms. The van der Waals surface area contributed by atoms with Gasteiger partial charge in [-0.1, -0.05) is 17.4 Å². The number of amides is 2. The van der Waals surface area contributed by atoms with Crippen molar-refractivity contribution in [1.82, 2.24) is 9.88 Å². The van der Waals surface area contributed by atoms with E-state index in [0.717, 1.165) is 62.1 Å². The first kappa shape index (κ1) is 28.0. The van der Waals surface area contributed by atoms with Gasteiger partial charge in [-0.3, -0.25) is 19.3 Å². The summed E-state index contributed by atoms with van der Waals surface area (Å²) in [7, 11) is -3.94. The average Bonchev–Trinajstić information content (AvgIpc) is 3.37. The summed E-state index contributed by atoms with van der Waals surface area (Å²) in [5.41, 5.74) is 2.30. The van der Waals surface area contributed by atoms with Crippen LogP contribution in [0.4, 0.5) is 15.9 Å². The minimum absolute atomic E-state index is 0.0309. The smallest absolute Gasteiger partial charge is 0.266 e. The molecule has 0 bridgehead atoms. The predicted octanol–water partition coefficient (Wildman–Crippen LogP) is 2.34. The number of ether oxygens (including phenoxy) is 1. The van der Waals surface area contributed by atoms with E-state index in [4.69, 9.17) is 4.74 Å². The first-order valence-electron chi connectivity index (χ1n) is 12.7. The normalized spacial score (nSPS) is 16.2. The van der Waals surface area contributed by atoms with E-state index in [1.165, 1.54) is 18.3 Å². The molecule has 2 amide bonds. The van der Waals surface area contributed by atoms with E-state index < -0.39 is 38.3 Å². The molecule has 1 saturated heterocycles. The summed E-state index contributed by atoms with van der Waals surface area (Å²) in [4.78, 5) is 46.0. The first-order valence-corrected chi connectivity index (χ1v) is 15.2. The molecule has 2 aliphatic heterocycles. The number of benzene rings is 1. The van der Waals surface area contributed by atoms with Gasteiger partial charge in [0.1, 0.15) is 15.8 Å². The number of nitrogens with zero attached hydrogens (tertiary/aromatic N) is 3. The third kappa shape index (κ3) is 6.44. The number of sulfone groups is 1. The van der Waals surface area contributed by atoms with Crippen LogP contribution < -0.4 is 10.2 Å². The van der Waals surface area contributed by atoms with Crippen molar-refractivity contribution in [3.05, 3.63) is 70.5 Å². The monoisotopic (exact) mass is 586 g/mol. The number of halogens is 1. The van der Waals surface area contributed by atoms with Gasteiger partial charge >= 0.3 is 0 Å². The van der Waals surface area contributed by atoms with Gasteiger partial charge in [0.25, 0.3) is 5.91 Å². The topological polar surface area (TPSA) is 126 Å². The first-order chi connectivity index (χ1) is 19.2. The van der Waals surface area contributed by atoms with Crippen LogP contribution in [0.2, 0.25) is 0 Å². The van der Waals surface area contributed by atoms with Crippen molar-refractivity contribution in [3.63, 3.8) is 0 Å². The number of ketones is 1. The van der Waals surface area contributed by atoms with Gasteiger partial charge in [0.15, 0.2) is 20.8 Å². The molecular weight excluding hydrogens is 559 g/mol. The van der Waals surface area contributed by atoms with Gasteiger partial charge in [-0.2, -0.15) is 4.39 Å². The van der Waals surface area contributed by atoms with E-state index in [0.29, 0.717) is 28.0 Å². The second kappa shape index (κ2) is 11.9. The Morgan fingerprint density at radius 2 is 1.90 bits per heavy atom. The molecule has 0 atom stereocenters. The van der Waals surface area contributed by atoms with Crippen LogP contribution in [0, 0.1) is 5.13 Å². The van der Waals surface area contributed by atoms with Crippen molar-refractivity contribution in [3.8, 4) is 0 Å². The van der Waals surface area contributed by atoms with Gasteiger partial charge in [-0.15, -0.1) is 0 Å². The Bertz CT molecular complexity index is 1530. The van der Waals surface area contributed by atoms with E-state index in [-0.39, 0.29) is 22.9 Å². The van der Waals surface area contributed by atoms with Gasteiger partial charge < -0.3 is 10.1 Å². The number of hydrogen-bond acceptors (Lipinski definition) is 10. The van der Waals surface area contributed by atoms with Crippen molar-refractivity contribution in [2.45, 2.75) is 17.1 Å². The fourth-order valence-electron chi connectivity index (χ4n) is 4.63. The Balaban J connectivity index is 1.20. The Morgan fingerprint density at radius 3 is 2.60 bits per heavy atom. The maximum absolute atomic E-state index is 13.2. The summed E-state index contributed by atoms with van der Waals surface area (Å²) < 4.78 is 43.0. The maximum atomic E-state index is 13.2. The fourth-order valence-corrected chi connectivity index (χ4v) is 6.96. The summed E-state index contributed by atoms with van der Waals surface area (Å²) in [6.07, 6.45) is 1.15. The Hall–Kier alpha value is -3.52. The molecule has 4 heterocycles. The highest BCUT2D eigenvalue weighted by molar-refractivity contribution is 7.94. The standard InChI is InChI=1S/C27H27FN4O6S2/c28-23-4-6-26(39-23)40(36,37)17-21(33)13-18-1-5-24(30-16-18)32-25(34)15-19-14-20(2-3-22(19)27(32)35)29-7-8-31-9-11-38-12-10-31/h1-6,14,16,29H,7-13,15,17H2. The van der Waals surface area contributed by atoms with E-state index in [1.54, 1.807) is 6.07 Å². The number of nitrogens with one attached hydrogen (secondary N) is 1. The Kier molecular flexibility index (Phi) is 8.35. The summed E-state index contributed by atoms with van der Waals surface area (Å²) in [6.45, 7) is 4.86. The van der Waals surface area contributed by atoms with E-state index in [9.17, 15) is 27.2 Å². The minimum atomic E-state index is -3.94. The van der Waals surface area contributed by atoms with Crippen molar-refractivity contribution in [2.75, 3.05) is 55.4 Å². The summed E-state index contributed by atoms with van der Waals surface area (Å²) in [5.74, 6) is -2.15. The number of rotatable bonds is 10. The number of pyridine rings is 1. The lowest BCUT2D eigenvalue weighted by molar-refractivity contribution is -0.118. The Morgan fingerprint density at radius 1 is 1.10 bits per heavy atom. The molecule has 0 saturated carbocycles. The van der Waals surface area contributed by atoms with Crippen molar-refractivity contribution in [1.29, 1.82) is 0 Å². The van der Waals surface area contributed by atoms with E-state index >= 15 is 0 Å². The van der Waals surface area contributed by atoms with Crippen LogP contribution in [0.5, 0.6) is 0 Å². The third-order valence-electron chi connectivity index (χ3n) is 6.64. The van der Waals surface area contributed by atoms with Crippen LogP contribution >= 0.6 is 11.3 Å². The summed E-state index contributed by atoms with van der Waals surface area (Å²) >= 11 is 0.468. The van der Waals surface area contributed by atoms with Gasteiger partial charge in [-0.25, -0.2) is 18.3 Å². The van der Waals surface area contributed by atoms with Crippen LogP contribution in [0.1, 0.15) is 21.5 Å². The molecule has 210 valence electrons. The number of fused-ring (bicyclic) bond motifs is 1. The molecule has 0 unspecified atom stereocenters. The number of thiophene rings is 1. The zero-order chi connectivity index (χ0) is 28.3. The number of hydrogen-bond donors (Lipinski definition) is 1. The van der Waals surface area contributed by atoms with Crippen LogP contribution in [-0.2, 0) is 37.0 Å². The highest BCUT2D eigenvalue weighted by atomic mass is 32.2. The molecule has 5 rings (SSSR count). The van der Waals surface area contributed by atoms with Crippen LogP contribution in [0.3, 0.4) is 0 Å². The molecule has 0 radical (unpaired) electrons. The number of Topliss-reactive ketones (excluding diaryl/α,β-unsaturated/α-hetero) is 1. The van der Waals surface area contributed by atoms with Crippen LogP contribution in [-0.4, -0.2) is 81.0 Å². The largest absolute Gasteiger partial charge is 0.384 e. The number of anilines is 2. The maximum Gasteiger partial charge on any atom is 0.266 e. The predicted molar refractivity (Wildman–Crippen MR) is 147 cm³/mol. The number of aromatic nitrogens is 1. The Labute approximate surface area is 234 Å². The van der Waals surface area contributed by atoms with E-state index in [1.807, 2.05) is 12.1 Å².